The maximum atomic E-state index is 11.9. The quantitative estimate of drug-likeness (QED) is 0.208. The van der Waals surface area contributed by atoms with Gasteiger partial charge in [-0.05, 0) is 23.0 Å². The van der Waals surface area contributed by atoms with Crippen LogP contribution < -0.4 is 4.85 Å². The molecular weight excluding hydrogens is 238 g/mol. The molecule has 0 aliphatic heterocycles. The second-order valence-corrected chi connectivity index (χ2v) is 4.44. The summed E-state index contributed by atoms with van der Waals surface area (Å²) in [7, 11) is 0. The molecule has 19 heavy (non-hydrogen) atoms. The lowest BCUT2D eigenvalue weighted by atomic mass is 10.1. The monoisotopic (exact) mass is 247 g/mol. The molecule has 0 saturated carbocycles. The summed E-state index contributed by atoms with van der Waals surface area (Å²) in [4.78, 5) is 5.10. The zero-order valence-corrected chi connectivity index (χ0v) is 9.95. The van der Waals surface area contributed by atoms with E-state index in [1.807, 2.05) is 48.5 Å². The summed E-state index contributed by atoms with van der Waals surface area (Å²) in [6, 6.07) is 17.3. The van der Waals surface area contributed by atoms with Gasteiger partial charge in [0.05, 0.1) is 10.9 Å². The SMILES string of the molecule is [O-][n+]1nc2nc3ccccc3cc2c2ccccc21. The molecule has 0 N–H and O–H groups in total. The third-order valence-corrected chi connectivity index (χ3v) is 3.29. The van der Waals surface area contributed by atoms with E-state index in [9.17, 15) is 5.21 Å². The van der Waals surface area contributed by atoms with E-state index in [1.54, 1.807) is 6.07 Å². The van der Waals surface area contributed by atoms with Crippen LogP contribution in [0.3, 0.4) is 0 Å². The first-order valence-corrected chi connectivity index (χ1v) is 6.01. The third-order valence-electron chi connectivity index (χ3n) is 3.29. The van der Waals surface area contributed by atoms with Gasteiger partial charge >= 0.3 is 0 Å². The first-order valence-electron chi connectivity index (χ1n) is 6.01. The minimum absolute atomic E-state index is 0.479. The molecule has 0 aliphatic rings. The van der Waals surface area contributed by atoms with Crippen molar-refractivity contribution in [3.8, 4) is 0 Å². The molecule has 2 aromatic carbocycles. The summed E-state index contributed by atoms with van der Waals surface area (Å²) < 4.78 is 0. The predicted molar refractivity (Wildman–Crippen MR) is 73.5 cm³/mol. The second-order valence-electron chi connectivity index (χ2n) is 4.44. The summed E-state index contributed by atoms with van der Waals surface area (Å²) in [6.07, 6.45) is 0. The van der Waals surface area contributed by atoms with Gasteiger partial charge in [0, 0.05) is 21.9 Å². The highest BCUT2D eigenvalue weighted by Gasteiger charge is 2.12. The molecule has 0 saturated heterocycles. The number of para-hydroxylation sites is 2. The van der Waals surface area contributed by atoms with E-state index in [0.29, 0.717) is 16.0 Å². The van der Waals surface area contributed by atoms with Gasteiger partial charge < -0.3 is 5.21 Å². The average molecular weight is 247 g/mol. The Morgan fingerprint density at radius 2 is 1.68 bits per heavy atom. The van der Waals surface area contributed by atoms with Crippen molar-refractivity contribution in [1.82, 2.24) is 10.1 Å². The molecule has 0 spiro atoms. The van der Waals surface area contributed by atoms with Gasteiger partial charge in [0.2, 0.25) is 5.65 Å². The van der Waals surface area contributed by atoms with Crippen LogP contribution in [0.15, 0.2) is 54.6 Å². The van der Waals surface area contributed by atoms with Crippen molar-refractivity contribution in [2.24, 2.45) is 0 Å². The number of hydrogen-bond donors (Lipinski definition) is 0. The highest BCUT2D eigenvalue weighted by Crippen LogP contribution is 2.23. The first-order chi connectivity index (χ1) is 9.33. The summed E-state index contributed by atoms with van der Waals surface area (Å²) >= 11 is 0. The topological polar surface area (TPSA) is 52.7 Å². The van der Waals surface area contributed by atoms with Crippen LogP contribution in [0.5, 0.6) is 0 Å². The van der Waals surface area contributed by atoms with Gasteiger partial charge in [0.15, 0.2) is 0 Å². The van der Waals surface area contributed by atoms with Gasteiger partial charge in [-0.25, -0.2) is 4.98 Å². The Hall–Kier alpha value is -2.75. The Balaban J connectivity index is 2.29. The summed E-state index contributed by atoms with van der Waals surface area (Å²) in [6.45, 7) is 0. The highest BCUT2D eigenvalue weighted by molar-refractivity contribution is 6.05. The molecule has 0 atom stereocenters. The average Bonchev–Trinajstić information content (AvgIpc) is 2.46. The summed E-state index contributed by atoms with van der Waals surface area (Å²) in [5.41, 5.74) is 1.89. The lowest BCUT2D eigenvalue weighted by molar-refractivity contribution is -0.640. The molecule has 4 rings (SSSR count). The van der Waals surface area contributed by atoms with Crippen LogP contribution in [0.2, 0.25) is 0 Å². The number of hydrogen-bond acceptors (Lipinski definition) is 3. The number of benzene rings is 2. The normalized spacial score (nSPS) is 11.4. The Kier molecular flexibility index (Phi) is 1.94. The molecule has 4 nitrogen and oxygen atoms in total. The zero-order valence-electron chi connectivity index (χ0n) is 9.95. The van der Waals surface area contributed by atoms with E-state index < -0.39 is 0 Å². The maximum Gasteiger partial charge on any atom is 0.252 e. The van der Waals surface area contributed by atoms with Crippen LogP contribution in [0.25, 0.3) is 32.8 Å². The van der Waals surface area contributed by atoms with E-state index in [-0.39, 0.29) is 0 Å². The minimum atomic E-state index is 0.479. The molecule has 4 aromatic rings. The van der Waals surface area contributed by atoms with Crippen LogP contribution in [-0.2, 0) is 0 Å². The Labute approximate surface area is 108 Å². The van der Waals surface area contributed by atoms with Crippen LogP contribution >= 0.6 is 0 Å². The van der Waals surface area contributed by atoms with E-state index in [2.05, 4.69) is 10.1 Å². The largest absolute Gasteiger partial charge is 0.594 e. The first kappa shape index (κ1) is 10.2. The summed E-state index contributed by atoms with van der Waals surface area (Å²) in [5, 5.41) is 18.7. The molecule has 0 unspecified atom stereocenters. The standard InChI is InChI=1S/C15H9N3O/c19-18-14-8-4-2-6-11(14)12-9-10-5-1-3-7-13(10)16-15(12)17-18/h1-9H. The molecule has 0 amide bonds. The number of fused-ring (bicyclic) bond motifs is 4. The van der Waals surface area contributed by atoms with Crippen molar-refractivity contribution in [1.29, 1.82) is 0 Å². The van der Waals surface area contributed by atoms with Crippen LogP contribution in [0.4, 0.5) is 0 Å². The number of rotatable bonds is 0. The fourth-order valence-electron chi connectivity index (χ4n) is 2.39. The molecule has 2 heterocycles. The van der Waals surface area contributed by atoms with Gasteiger partial charge in [0.1, 0.15) is 0 Å². The fraction of sp³-hybridized carbons (Fsp3) is 0. The van der Waals surface area contributed by atoms with Gasteiger partial charge in [-0.15, -0.1) is 0 Å². The Bertz CT molecular complexity index is 934. The predicted octanol–water partition coefficient (Wildman–Crippen LogP) is 2.57. The number of nitrogens with zero attached hydrogens (tertiary/aromatic N) is 3. The van der Waals surface area contributed by atoms with Gasteiger partial charge in [-0.2, -0.15) is 0 Å². The van der Waals surface area contributed by atoms with E-state index >= 15 is 0 Å². The van der Waals surface area contributed by atoms with Crippen molar-refractivity contribution < 1.29 is 4.85 Å². The number of pyridine rings is 1. The van der Waals surface area contributed by atoms with Crippen molar-refractivity contribution in [3.63, 3.8) is 0 Å². The van der Waals surface area contributed by atoms with Gasteiger partial charge in [0.25, 0.3) is 5.52 Å². The minimum Gasteiger partial charge on any atom is -0.594 e. The van der Waals surface area contributed by atoms with Crippen LogP contribution in [0.1, 0.15) is 0 Å². The van der Waals surface area contributed by atoms with Crippen molar-refractivity contribution in [2.45, 2.75) is 0 Å². The van der Waals surface area contributed by atoms with Gasteiger partial charge in [-0.1, -0.05) is 30.3 Å². The second kappa shape index (κ2) is 3.62. The molecule has 4 heteroatoms. The third kappa shape index (κ3) is 1.43. The molecule has 0 radical (unpaired) electrons. The molecule has 0 aliphatic carbocycles. The van der Waals surface area contributed by atoms with Gasteiger partial charge in [-0.3, -0.25) is 0 Å². The maximum absolute atomic E-state index is 11.9. The molecule has 0 fully saturated rings. The molecular formula is C15H9N3O. The van der Waals surface area contributed by atoms with E-state index in [4.69, 9.17) is 0 Å². The summed E-state index contributed by atoms with van der Waals surface area (Å²) in [5.74, 6) is 0. The highest BCUT2D eigenvalue weighted by atomic mass is 16.5. The van der Waals surface area contributed by atoms with Crippen LogP contribution in [-0.4, -0.2) is 10.1 Å². The molecule has 90 valence electrons. The Morgan fingerprint density at radius 1 is 0.895 bits per heavy atom. The molecule has 2 aromatic heterocycles. The van der Waals surface area contributed by atoms with E-state index in [1.165, 1.54) is 0 Å². The van der Waals surface area contributed by atoms with Crippen molar-refractivity contribution in [3.05, 3.63) is 59.8 Å². The lowest BCUT2D eigenvalue weighted by Gasteiger charge is -2.04. The molecule has 0 bridgehead atoms. The van der Waals surface area contributed by atoms with Crippen molar-refractivity contribution >= 4 is 32.8 Å². The van der Waals surface area contributed by atoms with Crippen molar-refractivity contribution in [2.75, 3.05) is 0 Å². The fourth-order valence-corrected chi connectivity index (χ4v) is 2.39. The lowest BCUT2D eigenvalue weighted by Crippen LogP contribution is -2.32. The number of aromatic nitrogens is 3. The Morgan fingerprint density at radius 3 is 2.63 bits per heavy atom. The van der Waals surface area contributed by atoms with Crippen LogP contribution in [0, 0.1) is 5.21 Å². The van der Waals surface area contributed by atoms with E-state index in [0.717, 1.165) is 21.7 Å². The zero-order chi connectivity index (χ0) is 12.8. The smallest absolute Gasteiger partial charge is 0.252 e.